The van der Waals surface area contributed by atoms with Gasteiger partial charge in [-0.2, -0.15) is 0 Å². The van der Waals surface area contributed by atoms with Crippen LogP contribution in [0.3, 0.4) is 0 Å². The average Bonchev–Trinajstić information content (AvgIpc) is 2.51. The maximum atomic E-state index is 12.1. The summed E-state index contributed by atoms with van der Waals surface area (Å²) in [6.07, 6.45) is 4.87. The Morgan fingerprint density at radius 1 is 1.26 bits per heavy atom. The lowest BCUT2D eigenvalue weighted by molar-refractivity contribution is -0.123. The zero-order valence-electron chi connectivity index (χ0n) is 14.7. The Morgan fingerprint density at radius 3 is 2.65 bits per heavy atom. The molecule has 1 N–H and O–H groups in total. The predicted molar refractivity (Wildman–Crippen MR) is 93.7 cm³/mol. The summed E-state index contributed by atoms with van der Waals surface area (Å²) in [5.74, 6) is 1.61. The molecule has 0 unspecified atom stereocenters. The fourth-order valence-corrected chi connectivity index (χ4v) is 3.06. The van der Waals surface area contributed by atoms with E-state index >= 15 is 0 Å². The van der Waals surface area contributed by atoms with Gasteiger partial charge in [0.15, 0.2) is 0 Å². The molecular formula is C19H30N2O2. The summed E-state index contributed by atoms with van der Waals surface area (Å²) in [4.78, 5) is 14.2. The Balaban J connectivity index is 1.64. The monoisotopic (exact) mass is 318 g/mol. The Hall–Kier alpha value is -1.55. The van der Waals surface area contributed by atoms with Crippen molar-refractivity contribution in [3.63, 3.8) is 0 Å². The molecule has 0 radical (unpaired) electrons. The van der Waals surface area contributed by atoms with Crippen molar-refractivity contribution in [2.24, 2.45) is 5.92 Å². The largest absolute Gasteiger partial charge is 0.492 e. The standard InChI is InChI=1S/C19H30N2O2/c1-15-8-10-17(11-9-15)23-13-12-21(3)14-19(22)20-18-7-5-4-6-16(18)2/h8-11,16,18H,4-7,12-14H2,1-3H3,(H,20,22)/t16-,18-/m1/s1. The number of likely N-dealkylation sites (N-methyl/N-ethyl adjacent to an activating group) is 1. The van der Waals surface area contributed by atoms with Gasteiger partial charge in [-0.15, -0.1) is 0 Å². The molecule has 2 atom stereocenters. The summed E-state index contributed by atoms with van der Waals surface area (Å²) < 4.78 is 5.71. The van der Waals surface area contributed by atoms with Crippen LogP contribution in [0.2, 0.25) is 0 Å². The molecular weight excluding hydrogens is 288 g/mol. The van der Waals surface area contributed by atoms with Gasteiger partial charge in [0.05, 0.1) is 6.54 Å². The summed E-state index contributed by atoms with van der Waals surface area (Å²) in [5.41, 5.74) is 1.23. The van der Waals surface area contributed by atoms with Gasteiger partial charge in [-0.3, -0.25) is 9.69 Å². The minimum absolute atomic E-state index is 0.126. The van der Waals surface area contributed by atoms with Gasteiger partial charge in [-0.1, -0.05) is 37.5 Å². The highest BCUT2D eigenvalue weighted by atomic mass is 16.5. The topological polar surface area (TPSA) is 41.6 Å². The van der Waals surface area contributed by atoms with Crippen LogP contribution in [0.15, 0.2) is 24.3 Å². The van der Waals surface area contributed by atoms with Gasteiger partial charge >= 0.3 is 0 Å². The fraction of sp³-hybridized carbons (Fsp3) is 0.632. The van der Waals surface area contributed by atoms with Crippen LogP contribution in [0.4, 0.5) is 0 Å². The van der Waals surface area contributed by atoms with Gasteiger partial charge in [0, 0.05) is 12.6 Å². The minimum Gasteiger partial charge on any atom is -0.492 e. The van der Waals surface area contributed by atoms with E-state index in [1.54, 1.807) is 0 Å². The van der Waals surface area contributed by atoms with E-state index in [-0.39, 0.29) is 5.91 Å². The first kappa shape index (κ1) is 17.8. The van der Waals surface area contributed by atoms with Crippen molar-refractivity contribution >= 4 is 5.91 Å². The molecule has 2 rings (SSSR count). The second-order valence-electron chi connectivity index (χ2n) is 6.84. The van der Waals surface area contributed by atoms with E-state index in [4.69, 9.17) is 4.74 Å². The zero-order valence-corrected chi connectivity index (χ0v) is 14.7. The number of rotatable bonds is 7. The van der Waals surface area contributed by atoms with Gasteiger partial charge in [-0.25, -0.2) is 0 Å². The average molecular weight is 318 g/mol. The van der Waals surface area contributed by atoms with Gasteiger partial charge in [0.1, 0.15) is 12.4 Å². The van der Waals surface area contributed by atoms with Crippen molar-refractivity contribution in [2.75, 3.05) is 26.7 Å². The number of hydrogen-bond donors (Lipinski definition) is 1. The third kappa shape index (κ3) is 6.22. The molecule has 0 aliphatic heterocycles. The van der Waals surface area contributed by atoms with Crippen LogP contribution >= 0.6 is 0 Å². The van der Waals surface area contributed by atoms with Crippen LogP contribution in [-0.4, -0.2) is 43.6 Å². The van der Waals surface area contributed by atoms with Crippen molar-refractivity contribution in [2.45, 2.75) is 45.6 Å². The van der Waals surface area contributed by atoms with E-state index < -0.39 is 0 Å². The first-order valence-corrected chi connectivity index (χ1v) is 8.72. The van der Waals surface area contributed by atoms with E-state index in [1.807, 2.05) is 36.2 Å². The number of benzene rings is 1. The number of carbonyl (C=O) groups excluding carboxylic acids is 1. The predicted octanol–water partition coefficient (Wildman–Crippen LogP) is 3.00. The third-order valence-corrected chi connectivity index (χ3v) is 4.63. The number of amides is 1. The molecule has 0 spiro atoms. The highest BCUT2D eigenvalue weighted by Gasteiger charge is 2.22. The molecule has 1 saturated carbocycles. The van der Waals surface area contributed by atoms with Crippen LogP contribution in [-0.2, 0) is 4.79 Å². The van der Waals surface area contributed by atoms with Gasteiger partial charge in [0.25, 0.3) is 0 Å². The van der Waals surface area contributed by atoms with Gasteiger partial charge in [0.2, 0.25) is 5.91 Å². The van der Waals surface area contributed by atoms with Crippen molar-refractivity contribution < 1.29 is 9.53 Å². The first-order chi connectivity index (χ1) is 11.0. The molecule has 1 amide bonds. The van der Waals surface area contributed by atoms with Crippen LogP contribution < -0.4 is 10.1 Å². The molecule has 0 bridgehead atoms. The number of ether oxygens (including phenoxy) is 1. The quantitative estimate of drug-likeness (QED) is 0.840. The summed E-state index contributed by atoms with van der Waals surface area (Å²) >= 11 is 0. The van der Waals surface area contributed by atoms with E-state index in [0.29, 0.717) is 25.1 Å². The lowest BCUT2D eigenvalue weighted by atomic mass is 9.86. The lowest BCUT2D eigenvalue weighted by Crippen LogP contribution is -2.45. The van der Waals surface area contributed by atoms with E-state index in [9.17, 15) is 4.79 Å². The van der Waals surface area contributed by atoms with Crippen LogP contribution in [0.25, 0.3) is 0 Å². The van der Waals surface area contributed by atoms with Crippen molar-refractivity contribution in [3.05, 3.63) is 29.8 Å². The summed E-state index contributed by atoms with van der Waals surface area (Å²) in [6.45, 7) is 6.06. The molecule has 1 aromatic rings. The molecule has 1 fully saturated rings. The second-order valence-corrected chi connectivity index (χ2v) is 6.84. The van der Waals surface area contributed by atoms with Crippen molar-refractivity contribution in [1.29, 1.82) is 0 Å². The molecule has 0 heterocycles. The Bertz CT molecular complexity index is 487. The van der Waals surface area contributed by atoms with Crippen molar-refractivity contribution in [1.82, 2.24) is 10.2 Å². The lowest BCUT2D eigenvalue weighted by Gasteiger charge is -2.30. The Morgan fingerprint density at radius 2 is 1.96 bits per heavy atom. The number of aryl methyl sites for hydroxylation is 1. The Labute approximate surface area is 140 Å². The number of nitrogens with one attached hydrogen (secondary N) is 1. The smallest absolute Gasteiger partial charge is 0.234 e. The van der Waals surface area contributed by atoms with E-state index in [1.165, 1.54) is 24.8 Å². The SMILES string of the molecule is Cc1ccc(OCCN(C)CC(=O)N[C@@H]2CCCC[C@H]2C)cc1. The number of nitrogens with zero attached hydrogens (tertiary/aromatic N) is 1. The second kappa shape index (κ2) is 8.92. The summed E-state index contributed by atoms with van der Waals surface area (Å²) in [5, 5.41) is 3.19. The Kier molecular flexibility index (Phi) is 6.90. The van der Waals surface area contributed by atoms with Crippen LogP contribution in [0.1, 0.15) is 38.2 Å². The zero-order chi connectivity index (χ0) is 16.7. The molecule has 23 heavy (non-hydrogen) atoms. The van der Waals surface area contributed by atoms with Crippen LogP contribution in [0.5, 0.6) is 5.75 Å². The van der Waals surface area contributed by atoms with Crippen molar-refractivity contribution in [3.8, 4) is 5.75 Å². The maximum absolute atomic E-state index is 12.1. The molecule has 1 aliphatic carbocycles. The molecule has 0 aromatic heterocycles. The van der Waals surface area contributed by atoms with E-state index in [0.717, 1.165) is 18.7 Å². The molecule has 0 saturated heterocycles. The molecule has 4 nitrogen and oxygen atoms in total. The minimum atomic E-state index is 0.126. The fourth-order valence-electron chi connectivity index (χ4n) is 3.06. The molecule has 1 aliphatic rings. The number of hydrogen-bond acceptors (Lipinski definition) is 3. The third-order valence-electron chi connectivity index (χ3n) is 4.63. The maximum Gasteiger partial charge on any atom is 0.234 e. The summed E-state index contributed by atoms with van der Waals surface area (Å²) in [6, 6.07) is 8.39. The normalized spacial score (nSPS) is 21.2. The molecule has 4 heteroatoms. The van der Waals surface area contributed by atoms with Gasteiger partial charge in [-0.05, 0) is 44.9 Å². The summed E-state index contributed by atoms with van der Waals surface area (Å²) in [7, 11) is 1.96. The van der Waals surface area contributed by atoms with Crippen LogP contribution in [0, 0.1) is 12.8 Å². The van der Waals surface area contributed by atoms with E-state index in [2.05, 4.69) is 19.2 Å². The molecule has 1 aromatic carbocycles. The highest BCUT2D eigenvalue weighted by molar-refractivity contribution is 5.78. The first-order valence-electron chi connectivity index (χ1n) is 8.72. The van der Waals surface area contributed by atoms with Gasteiger partial charge < -0.3 is 10.1 Å². The molecule has 128 valence electrons. The highest BCUT2D eigenvalue weighted by Crippen LogP contribution is 2.23. The number of carbonyl (C=O) groups is 1.